The molecule has 104 valence electrons. The molecule has 0 bridgehead atoms. The summed E-state index contributed by atoms with van der Waals surface area (Å²) in [5, 5.41) is 8.85. The molecule has 18 heavy (non-hydrogen) atoms. The monoisotopic (exact) mass is 253 g/mol. The van der Waals surface area contributed by atoms with Crippen LogP contribution in [0.2, 0.25) is 0 Å². The Morgan fingerprint density at radius 1 is 1.28 bits per heavy atom. The van der Waals surface area contributed by atoms with Crippen molar-refractivity contribution in [1.29, 1.82) is 0 Å². The van der Waals surface area contributed by atoms with Gasteiger partial charge in [0, 0.05) is 16.7 Å². The Bertz CT molecular complexity index is 326. The van der Waals surface area contributed by atoms with Gasteiger partial charge in [-0.1, -0.05) is 6.58 Å². The van der Waals surface area contributed by atoms with Crippen molar-refractivity contribution in [3.8, 4) is 0 Å². The molecule has 0 aromatic carbocycles. The van der Waals surface area contributed by atoms with E-state index in [1.54, 1.807) is 0 Å². The minimum Gasteiger partial charge on any atom is -0.478 e. The highest BCUT2D eigenvalue weighted by Crippen LogP contribution is 2.41. The van der Waals surface area contributed by atoms with Crippen molar-refractivity contribution < 1.29 is 9.90 Å². The first-order valence-corrected chi connectivity index (χ1v) is 6.71. The standard InChI is InChI=1S/C15H27NO2/c1-11(13(17)18)7-8-12-9-14(2,3)16(6)15(4,5)10-12/h12H,1,7-10H2,2-6H3,(H,17,18). The van der Waals surface area contributed by atoms with Crippen LogP contribution in [0.5, 0.6) is 0 Å². The number of carboxylic acids is 1. The Morgan fingerprint density at radius 2 is 1.72 bits per heavy atom. The molecule has 0 unspecified atom stereocenters. The molecule has 1 rings (SSSR count). The van der Waals surface area contributed by atoms with E-state index in [9.17, 15) is 4.79 Å². The lowest BCUT2D eigenvalue weighted by molar-refractivity contribution is -0.132. The van der Waals surface area contributed by atoms with Crippen LogP contribution >= 0.6 is 0 Å². The zero-order valence-electron chi connectivity index (χ0n) is 12.4. The zero-order valence-corrected chi connectivity index (χ0v) is 12.4. The lowest BCUT2D eigenvalue weighted by Crippen LogP contribution is -2.58. The molecule has 0 aromatic rings. The molecule has 3 nitrogen and oxygen atoms in total. The van der Waals surface area contributed by atoms with Gasteiger partial charge in [0.15, 0.2) is 0 Å². The minimum absolute atomic E-state index is 0.178. The predicted octanol–water partition coefficient (Wildman–Crippen LogP) is 3.31. The third-order valence-electron chi connectivity index (χ3n) is 4.55. The van der Waals surface area contributed by atoms with Crippen molar-refractivity contribution in [2.24, 2.45) is 5.92 Å². The Hall–Kier alpha value is -0.830. The molecule has 1 heterocycles. The van der Waals surface area contributed by atoms with Crippen LogP contribution in [0.4, 0.5) is 0 Å². The summed E-state index contributed by atoms with van der Waals surface area (Å²) in [4.78, 5) is 13.2. The second kappa shape index (κ2) is 5.04. The smallest absolute Gasteiger partial charge is 0.330 e. The van der Waals surface area contributed by atoms with E-state index in [-0.39, 0.29) is 11.1 Å². The fourth-order valence-corrected chi connectivity index (χ4v) is 3.27. The maximum atomic E-state index is 10.8. The number of piperidine rings is 1. The number of carboxylic acid groups (broad SMARTS) is 1. The highest BCUT2D eigenvalue weighted by molar-refractivity contribution is 5.85. The Labute approximate surface area is 111 Å². The topological polar surface area (TPSA) is 40.5 Å². The van der Waals surface area contributed by atoms with Gasteiger partial charge in [-0.15, -0.1) is 0 Å². The summed E-state index contributed by atoms with van der Waals surface area (Å²) >= 11 is 0. The number of hydrogen-bond donors (Lipinski definition) is 1. The van der Waals surface area contributed by atoms with E-state index >= 15 is 0 Å². The maximum absolute atomic E-state index is 10.8. The fraction of sp³-hybridized carbons (Fsp3) is 0.800. The second-order valence-corrected chi connectivity index (χ2v) is 6.91. The molecule has 0 amide bonds. The molecular weight excluding hydrogens is 226 g/mol. The highest BCUT2D eigenvalue weighted by Gasteiger charge is 2.42. The summed E-state index contributed by atoms with van der Waals surface area (Å²) in [5.41, 5.74) is 0.693. The van der Waals surface area contributed by atoms with Crippen LogP contribution in [-0.4, -0.2) is 34.1 Å². The Balaban J connectivity index is 2.64. The SMILES string of the molecule is C=C(CCC1CC(C)(C)N(C)C(C)(C)C1)C(=O)O. The van der Waals surface area contributed by atoms with E-state index in [1.807, 2.05) is 0 Å². The number of aliphatic carboxylic acids is 1. The maximum Gasteiger partial charge on any atom is 0.330 e. The lowest BCUT2D eigenvalue weighted by atomic mass is 9.72. The quantitative estimate of drug-likeness (QED) is 0.781. The predicted molar refractivity (Wildman–Crippen MR) is 74.7 cm³/mol. The lowest BCUT2D eigenvalue weighted by Gasteiger charge is -2.54. The number of likely N-dealkylation sites (tertiary alicyclic amines) is 1. The zero-order chi connectivity index (χ0) is 14.1. The molecular formula is C15H27NO2. The van der Waals surface area contributed by atoms with Gasteiger partial charge in [-0.2, -0.15) is 0 Å². The molecule has 1 aliphatic heterocycles. The van der Waals surface area contributed by atoms with E-state index in [1.165, 1.54) is 0 Å². The van der Waals surface area contributed by atoms with Gasteiger partial charge in [-0.05, 0) is 66.3 Å². The third kappa shape index (κ3) is 3.35. The molecule has 0 aliphatic carbocycles. The van der Waals surface area contributed by atoms with E-state index in [4.69, 9.17) is 5.11 Å². The van der Waals surface area contributed by atoms with Crippen LogP contribution in [0.15, 0.2) is 12.2 Å². The molecule has 1 fully saturated rings. The Kier molecular flexibility index (Phi) is 4.26. The van der Waals surface area contributed by atoms with Gasteiger partial charge in [0.25, 0.3) is 0 Å². The van der Waals surface area contributed by atoms with Gasteiger partial charge in [0.1, 0.15) is 0 Å². The molecule has 1 N–H and O–H groups in total. The molecule has 0 radical (unpaired) electrons. The normalized spacial score (nSPS) is 23.8. The largest absolute Gasteiger partial charge is 0.478 e. The average molecular weight is 253 g/mol. The van der Waals surface area contributed by atoms with Gasteiger partial charge >= 0.3 is 5.97 Å². The summed E-state index contributed by atoms with van der Waals surface area (Å²) in [5.74, 6) is -0.274. The van der Waals surface area contributed by atoms with Crippen LogP contribution < -0.4 is 0 Å². The van der Waals surface area contributed by atoms with E-state index < -0.39 is 5.97 Å². The third-order valence-corrected chi connectivity index (χ3v) is 4.55. The molecule has 0 aromatic heterocycles. The van der Waals surface area contributed by atoms with Crippen molar-refractivity contribution in [3.63, 3.8) is 0 Å². The van der Waals surface area contributed by atoms with Crippen LogP contribution in [0.3, 0.4) is 0 Å². The van der Waals surface area contributed by atoms with Gasteiger partial charge < -0.3 is 5.11 Å². The van der Waals surface area contributed by atoms with Crippen LogP contribution in [0, 0.1) is 5.92 Å². The summed E-state index contributed by atoms with van der Waals surface area (Å²) < 4.78 is 0. The van der Waals surface area contributed by atoms with Crippen molar-refractivity contribution in [2.45, 2.75) is 64.5 Å². The fourth-order valence-electron chi connectivity index (χ4n) is 3.27. The summed E-state index contributed by atoms with van der Waals surface area (Å²) in [6.45, 7) is 12.7. The molecule has 3 heteroatoms. The van der Waals surface area contributed by atoms with Crippen molar-refractivity contribution in [2.75, 3.05) is 7.05 Å². The first kappa shape index (κ1) is 15.2. The van der Waals surface area contributed by atoms with Crippen molar-refractivity contribution in [1.82, 2.24) is 4.90 Å². The number of rotatable bonds is 4. The van der Waals surface area contributed by atoms with Crippen molar-refractivity contribution >= 4 is 5.97 Å². The molecule has 0 atom stereocenters. The first-order chi connectivity index (χ1) is 8.06. The van der Waals surface area contributed by atoms with Gasteiger partial charge in [0.2, 0.25) is 0 Å². The minimum atomic E-state index is -0.860. The Morgan fingerprint density at radius 3 is 2.11 bits per heavy atom. The van der Waals surface area contributed by atoms with Gasteiger partial charge in [-0.25, -0.2) is 4.79 Å². The van der Waals surface area contributed by atoms with E-state index in [0.717, 1.165) is 19.3 Å². The van der Waals surface area contributed by atoms with Gasteiger partial charge in [0.05, 0.1) is 0 Å². The van der Waals surface area contributed by atoms with Crippen LogP contribution in [-0.2, 0) is 4.79 Å². The second-order valence-electron chi connectivity index (χ2n) is 6.91. The number of nitrogens with zero attached hydrogens (tertiary/aromatic N) is 1. The van der Waals surface area contributed by atoms with E-state index in [2.05, 4.69) is 46.2 Å². The van der Waals surface area contributed by atoms with Gasteiger partial charge in [-0.3, -0.25) is 4.90 Å². The molecule has 0 saturated carbocycles. The molecule has 1 saturated heterocycles. The summed E-state index contributed by atoms with van der Waals surface area (Å²) in [6, 6.07) is 0. The summed E-state index contributed by atoms with van der Waals surface area (Å²) in [7, 11) is 2.19. The number of carbonyl (C=O) groups is 1. The molecule has 1 aliphatic rings. The van der Waals surface area contributed by atoms with E-state index in [0.29, 0.717) is 17.9 Å². The number of hydrogen-bond acceptors (Lipinski definition) is 2. The van der Waals surface area contributed by atoms with Crippen LogP contribution in [0.1, 0.15) is 53.4 Å². The highest BCUT2D eigenvalue weighted by atomic mass is 16.4. The average Bonchev–Trinajstić information content (AvgIpc) is 2.21. The van der Waals surface area contributed by atoms with Crippen molar-refractivity contribution in [3.05, 3.63) is 12.2 Å². The molecule has 0 spiro atoms. The van der Waals surface area contributed by atoms with Crippen LogP contribution in [0.25, 0.3) is 0 Å². The first-order valence-electron chi connectivity index (χ1n) is 6.71. The summed E-state index contributed by atoms with van der Waals surface area (Å²) in [6.07, 6.45) is 3.79.